The molecule has 0 amide bonds. The highest BCUT2D eigenvalue weighted by molar-refractivity contribution is 5.91. The summed E-state index contributed by atoms with van der Waals surface area (Å²) in [7, 11) is 1.83. The second-order valence-corrected chi connectivity index (χ2v) is 5.63. The van der Waals surface area contributed by atoms with Crippen molar-refractivity contribution in [3.63, 3.8) is 0 Å². The Morgan fingerprint density at radius 3 is 2.95 bits per heavy atom. The summed E-state index contributed by atoms with van der Waals surface area (Å²) < 4.78 is 1.71. The van der Waals surface area contributed by atoms with Gasteiger partial charge in [0.2, 0.25) is 0 Å². The van der Waals surface area contributed by atoms with Gasteiger partial charge >= 0.3 is 0 Å². The van der Waals surface area contributed by atoms with Crippen molar-refractivity contribution in [3.05, 3.63) is 40.7 Å². The van der Waals surface area contributed by atoms with Crippen LogP contribution >= 0.6 is 0 Å². The first-order chi connectivity index (χ1) is 9.70. The van der Waals surface area contributed by atoms with Gasteiger partial charge in [-0.3, -0.25) is 4.79 Å². The molecule has 1 aromatic heterocycles. The number of nitrogens with two attached hydrogens (primary N) is 1. The van der Waals surface area contributed by atoms with Crippen LogP contribution in [0.25, 0.3) is 10.9 Å². The lowest BCUT2D eigenvalue weighted by Gasteiger charge is -2.34. The molecule has 1 atom stereocenters. The predicted molar refractivity (Wildman–Crippen MR) is 83.2 cm³/mol. The lowest BCUT2D eigenvalue weighted by atomic mass is 9.97. The van der Waals surface area contributed by atoms with Crippen molar-refractivity contribution in [1.82, 2.24) is 4.57 Å². The van der Waals surface area contributed by atoms with E-state index in [0.717, 1.165) is 42.6 Å². The van der Waals surface area contributed by atoms with Gasteiger partial charge in [0.25, 0.3) is 5.56 Å². The maximum Gasteiger partial charge on any atom is 0.252 e. The van der Waals surface area contributed by atoms with Crippen molar-refractivity contribution in [2.75, 3.05) is 24.5 Å². The fourth-order valence-electron chi connectivity index (χ4n) is 3.13. The molecular formula is C16H21N3O. The number of para-hydroxylation sites is 1. The molecule has 1 fully saturated rings. The minimum atomic E-state index is 0.0496. The molecule has 2 N–H and O–H groups in total. The molecule has 3 rings (SSSR count). The summed E-state index contributed by atoms with van der Waals surface area (Å²) in [5, 5.41) is 1.15. The Morgan fingerprint density at radius 1 is 1.35 bits per heavy atom. The van der Waals surface area contributed by atoms with Gasteiger partial charge in [-0.25, -0.2) is 0 Å². The zero-order valence-electron chi connectivity index (χ0n) is 11.9. The summed E-state index contributed by atoms with van der Waals surface area (Å²) in [5.74, 6) is 0.534. The number of anilines is 1. The van der Waals surface area contributed by atoms with Crippen LogP contribution in [0.4, 0.5) is 5.69 Å². The number of fused-ring (bicyclic) bond motifs is 1. The van der Waals surface area contributed by atoms with E-state index in [4.69, 9.17) is 5.73 Å². The molecular weight excluding hydrogens is 250 g/mol. The molecule has 0 aliphatic carbocycles. The Balaban J connectivity index is 2.11. The molecule has 0 radical (unpaired) electrons. The van der Waals surface area contributed by atoms with Gasteiger partial charge in [-0.1, -0.05) is 18.2 Å². The number of nitrogens with zero attached hydrogens (tertiary/aromatic N) is 2. The van der Waals surface area contributed by atoms with E-state index < -0.39 is 0 Å². The number of hydrogen-bond donors (Lipinski definition) is 1. The second kappa shape index (κ2) is 5.29. The molecule has 1 unspecified atom stereocenters. The third-order valence-electron chi connectivity index (χ3n) is 4.33. The fourth-order valence-corrected chi connectivity index (χ4v) is 3.13. The van der Waals surface area contributed by atoms with Crippen LogP contribution in [0.1, 0.15) is 12.8 Å². The highest BCUT2D eigenvalue weighted by atomic mass is 16.1. The quantitative estimate of drug-likeness (QED) is 0.904. The molecule has 1 aliphatic rings. The SMILES string of the molecule is Cn1c(=O)cc(N2CCCC(CN)C2)c2ccccc21. The van der Waals surface area contributed by atoms with Gasteiger partial charge in [0.05, 0.1) is 11.2 Å². The standard InChI is InChI=1S/C16H21N3O/c1-18-14-7-3-2-6-13(14)15(9-16(18)20)19-8-4-5-12(10-17)11-19/h2-3,6-7,9,12H,4-5,8,10-11,17H2,1H3. The van der Waals surface area contributed by atoms with Gasteiger partial charge in [0, 0.05) is 31.6 Å². The third kappa shape index (κ3) is 2.20. The number of pyridine rings is 1. The maximum absolute atomic E-state index is 12.2. The van der Waals surface area contributed by atoms with E-state index in [0.29, 0.717) is 5.92 Å². The highest BCUT2D eigenvalue weighted by Crippen LogP contribution is 2.28. The summed E-state index contributed by atoms with van der Waals surface area (Å²) in [6, 6.07) is 9.87. The number of benzene rings is 1. The molecule has 1 aromatic carbocycles. The zero-order valence-corrected chi connectivity index (χ0v) is 11.9. The van der Waals surface area contributed by atoms with Gasteiger partial charge < -0.3 is 15.2 Å². The molecule has 20 heavy (non-hydrogen) atoms. The third-order valence-corrected chi connectivity index (χ3v) is 4.33. The Bertz CT molecular complexity index is 677. The first-order valence-corrected chi connectivity index (χ1v) is 7.24. The summed E-state index contributed by atoms with van der Waals surface area (Å²) >= 11 is 0. The first-order valence-electron chi connectivity index (χ1n) is 7.24. The normalized spacial score (nSPS) is 19.5. The van der Waals surface area contributed by atoms with E-state index in [-0.39, 0.29) is 5.56 Å². The van der Waals surface area contributed by atoms with Crippen molar-refractivity contribution < 1.29 is 0 Å². The molecule has 0 bridgehead atoms. The van der Waals surface area contributed by atoms with Crippen molar-refractivity contribution in [2.45, 2.75) is 12.8 Å². The van der Waals surface area contributed by atoms with Gasteiger partial charge in [0.15, 0.2) is 0 Å². The van der Waals surface area contributed by atoms with Crippen LogP contribution in [0.2, 0.25) is 0 Å². The summed E-state index contributed by atoms with van der Waals surface area (Å²) in [6.45, 7) is 2.68. The van der Waals surface area contributed by atoms with Crippen LogP contribution in [0.5, 0.6) is 0 Å². The van der Waals surface area contributed by atoms with E-state index >= 15 is 0 Å². The molecule has 2 heterocycles. The van der Waals surface area contributed by atoms with Crippen molar-refractivity contribution in [2.24, 2.45) is 18.7 Å². The second-order valence-electron chi connectivity index (χ2n) is 5.63. The molecule has 1 saturated heterocycles. The van der Waals surface area contributed by atoms with E-state index in [1.54, 1.807) is 10.6 Å². The Labute approximate surface area is 118 Å². The number of hydrogen-bond acceptors (Lipinski definition) is 3. The van der Waals surface area contributed by atoms with E-state index in [1.807, 2.05) is 25.2 Å². The highest BCUT2D eigenvalue weighted by Gasteiger charge is 2.21. The number of aromatic nitrogens is 1. The lowest BCUT2D eigenvalue weighted by Crippen LogP contribution is -2.39. The van der Waals surface area contributed by atoms with Gasteiger partial charge in [-0.05, 0) is 31.4 Å². The topological polar surface area (TPSA) is 51.3 Å². The fraction of sp³-hybridized carbons (Fsp3) is 0.438. The lowest BCUT2D eigenvalue weighted by molar-refractivity contribution is 0.424. The van der Waals surface area contributed by atoms with Gasteiger partial charge in [0.1, 0.15) is 0 Å². The maximum atomic E-state index is 12.2. The Hall–Kier alpha value is -1.81. The van der Waals surface area contributed by atoms with Crippen LogP contribution in [0.15, 0.2) is 35.1 Å². The van der Waals surface area contributed by atoms with Crippen LogP contribution in [-0.2, 0) is 7.05 Å². The molecule has 1 aliphatic heterocycles. The van der Waals surface area contributed by atoms with E-state index in [2.05, 4.69) is 11.0 Å². The Kier molecular flexibility index (Phi) is 3.49. The summed E-state index contributed by atoms with van der Waals surface area (Å²) in [6.07, 6.45) is 2.33. The summed E-state index contributed by atoms with van der Waals surface area (Å²) in [4.78, 5) is 14.5. The monoisotopic (exact) mass is 271 g/mol. The average Bonchev–Trinajstić information content (AvgIpc) is 2.51. The van der Waals surface area contributed by atoms with Crippen LogP contribution in [-0.4, -0.2) is 24.2 Å². The molecule has 4 nitrogen and oxygen atoms in total. The van der Waals surface area contributed by atoms with Crippen molar-refractivity contribution in [1.29, 1.82) is 0 Å². The first kappa shape index (κ1) is 13.2. The van der Waals surface area contributed by atoms with Crippen LogP contribution in [0, 0.1) is 5.92 Å². The van der Waals surface area contributed by atoms with Gasteiger partial charge in [-0.15, -0.1) is 0 Å². The Morgan fingerprint density at radius 2 is 2.15 bits per heavy atom. The number of aryl methyl sites for hydroxylation is 1. The van der Waals surface area contributed by atoms with Crippen molar-refractivity contribution >= 4 is 16.6 Å². The predicted octanol–water partition coefficient (Wildman–Crippen LogP) is 1.71. The van der Waals surface area contributed by atoms with Crippen LogP contribution < -0.4 is 16.2 Å². The average molecular weight is 271 g/mol. The summed E-state index contributed by atoms with van der Waals surface area (Å²) in [5.41, 5.74) is 7.92. The molecule has 2 aromatic rings. The van der Waals surface area contributed by atoms with Crippen LogP contribution in [0.3, 0.4) is 0 Å². The number of piperidine rings is 1. The molecule has 0 saturated carbocycles. The molecule has 106 valence electrons. The molecule has 0 spiro atoms. The van der Waals surface area contributed by atoms with Crippen molar-refractivity contribution in [3.8, 4) is 0 Å². The minimum Gasteiger partial charge on any atom is -0.371 e. The van der Waals surface area contributed by atoms with E-state index in [1.165, 1.54) is 6.42 Å². The number of rotatable bonds is 2. The minimum absolute atomic E-state index is 0.0496. The van der Waals surface area contributed by atoms with Gasteiger partial charge in [-0.2, -0.15) is 0 Å². The zero-order chi connectivity index (χ0) is 14.1. The smallest absolute Gasteiger partial charge is 0.252 e. The largest absolute Gasteiger partial charge is 0.371 e. The van der Waals surface area contributed by atoms with E-state index in [9.17, 15) is 4.79 Å². The molecule has 4 heteroatoms.